The third-order valence-corrected chi connectivity index (χ3v) is 3.82. The van der Waals surface area contributed by atoms with Crippen molar-refractivity contribution < 1.29 is 9.53 Å². The van der Waals surface area contributed by atoms with Gasteiger partial charge in [-0.3, -0.25) is 4.79 Å². The first kappa shape index (κ1) is 14.5. The van der Waals surface area contributed by atoms with Gasteiger partial charge in [0.15, 0.2) is 0 Å². The lowest BCUT2D eigenvalue weighted by Gasteiger charge is -2.32. The van der Waals surface area contributed by atoms with Gasteiger partial charge in [-0.15, -0.1) is 0 Å². The van der Waals surface area contributed by atoms with Gasteiger partial charge in [-0.1, -0.05) is 6.92 Å². The number of hydrogen-bond donors (Lipinski definition) is 0. The second-order valence-corrected chi connectivity index (χ2v) is 5.57. The molecule has 0 bridgehead atoms. The van der Waals surface area contributed by atoms with Crippen LogP contribution in [0.15, 0.2) is 22.8 Å². The first-order valence-corrected chi connectivity index (χ1v) is 7.53. The van der Waals surface area contributed by atoms with Crippen LogP contribution in [0.25, 0.3) is 0 Å². The van der Waals surface area contributed by atoms with Crippen molar-refractivity contribution in [2.45, 2.75) is 32.3 Å². The van der Waals surface area contributed by atoms with E-state index in [1.807, 2.05) is 17.0 Å². The molecule has 19 heavy (non-hydrogen) atoms. The molecule has 0 saturated carbocycles. The minimum Gasteiger partial charge on any atom is -0.376 e. The molecular formula is C14H19BrN2O2. The Balaban J connectivity index is 2.01. The number of likely N-dealkylation sites (tertiary alicyclic amines) is 1. The zero-order valence-corrected chi connectivity index (χ0v) is 12.7. The SMILES string of the molecule is CCCOC1CCCN(C(=O)c2ncccc2Br)C1. The smallest absolute Gasteiger partial charge is 0.273 e. The largest absolute Gasteiger partial charge is 0.376 e. The van der Waals surface area contributed by atoms with Gasteiger partial charge in [0.2, 0.25) is 0 Å². The molecule has 1 aromatic heterocycles. The van der Waals surface area contributed by atoms with Gasteiger partial charge in [0, 0.05) is 30.4 Å². The average Bonchev–Trinajstić information content (AvgIpc) is 2.45. The summed E-state index contributed by atoms with van der Waals surface area (Å²) in [5.74, 6) is -0.0164. The topological polar surface area (TPSA) is 42.4 Å². The number of carbonyl (C=O) groups is 1. The Kier molecular flexibility index (Phi) is 5.34. The van der Waals surface area contributed by atoms with E-state index in [1.165, 1.54) is 0 Å². The van der Waals surface area contributed by atoms with Gasteiger partial charge in [-0.05, 0) is 47.3 Å². The van der Waals surface area contributed by atoms with Crippen molar-refractivity contribution >= 4 is 21.8 Å². The van der Waals surface area contributed by atoms with Gasteiger partial charge >= 0.3 is 0 Å². The quantitative estimate of drug-likeness (QED) is 0.854. The zero-order chi connectivity index (χ0) is 13.7. The van der Waals surface area contributed by atoms with Crippen LogP contribution in [-0.2, 0) is 4.74 Å². The van der Waals surface area contributed by atoms with E-state index >= 15 is 0 Å². The van der Waals surface area contributed by atoms with E-state index in [2.05, 4.69) is 27.8 Å². The summed E-state index contributed by atoms with van der Waals surface area (Å²) in [6.45, 7) is 4.31. The van der Waals surface area contributed by atoms with E-state index < -0.39 is 0 Å². The van der Waals surface area contributed by atoms with E-state index in [-0.39, 0.29) is 12.0 Å². The van der Waals surface area contributed by atoms with E-state index in [1.54, 1.807) is 6.20 Å². The summed E-state index contributed by atoms with van der Waals surface area (Å²) in [5, 5.41) is 0. The highest BCUT2D eigenvalue weighted by atomic mass is 79.9. The molecule has 104 valence electrons. The molecule has 0 aromatic carbocycles. The number of piperidine rings is 1. The summed E-state index contributed by atoms with van der Waals surface area (Å²) in [4.78, 5) is 18.4. The second-order valence-electron chi connectivity index (χ2n) is 4.72. The van der Waals surface area contributed by atoms with E-state index in [9.17, 15) is 4.79 Å². The van der Waals surface area contributed by atoms with Gasteiger partial charge in [-0.25, -0.2) is 4.98 Å². The van der Waals surface area contributed by atoms with E-state index in [0.717, 1.165) is 36.9 Å². The Morgan fingerprint density at radius 2 is 2.47 bits per heavy atom. The molecule has 0 spiro atoms. The van der Waals surface area contributed by atoms with Gasteiger partial charge in [0.25, 0.3) is 5.91 Å². The lowest BCUT2D eigenvalue weighted by Crippen LogP contribution is -2.43. The van der Waals surface area contributed by atoms with Crippen molar-refractivity contribution in [3.8, 4) is 0 Å². The number of aromatic nitrogens is 1. The molecule has 5 heteroatoms. The van der Waals surface area contributed by atoms with Gasteiger partial charge in [-0.2, -0.15) is 0 Å². The maximum absolute atomic E-state index is 12.4. The van der Waals surface area contributed by atoms with Crippen molar-refractivity contribution in [2.24, 2.45) is 0 Å². The first-order chi connectivity index (χ1) is 9.22. The maximum atomic E-state index is 12.4. The number of amides is 1. The van der Waals surface area contributed by atoms with Crippen molar-refractivity contribution in [1.29, 1.82) is 0 Å². The van der Waals surface area contributed by atoms with Crippen LogP contribution >= 0.6 is 15.9 Å². The van der Waals surface area contributed by atoms with Crippen molar-refractivity contribution in [1.82, 2.24) is 9.88 Å². The van der Waals surface area contributed by atoms with Crippen molar-refractivity contribution in [2.75, 3.05) is 19.7 Å². The summed E-state index contributed by atoms with van der Waals surface area (Å²) < 4.78 is 6.50. The Bertz CT molecular complexity index is 439. The molecule has 1 aliphatic heterocycles. The minimum atomic E-state index is -0.0164. The molecule has 1 fully saturated rings. The number of carbonyl (C=O) groups excluding carboxylic acids is 1. The van der Waals surface area contributed by atoms with E-state index in [0.29, 0.717) is 12.2 Å². The Morgan fingerprint density at radius 3 is 3.21 bits per heavy atom. The molecule has 2 rings (SSSR count). The summed E-state index contributed by atoms with van der Waals surface area (Å²) in [5.41, 5.74) is 0.485. The number of pyridine rings is 1. The normalized spacial score (nSPS) is 19.5. The van der Waals surface area contributed by atoms with Crippen LogP contribution in [0.2, 0.25) is 0 Å². The lowest BCUT2D eigenvalue weighted by molar-refractivity contribution is 0.00189. The van der Waals surface area contributed by atoms with Crippen LogP contribution in [-0.4, -0.2) is 41.6 Å². The highest BCUT2D eigenvalue weighted by molar-refractivity contribution is 9.10. The van der Waals surface area contributed by atoms with Crippen molar-refractivity contribution in [3.05, 3.63) is 28.5 Å². The molecule has 1 aliphatic rings. The highest BCUT2D eigenvalue weighted by Gasteiger charge is 2.26. The number of ether oxygens (including phenoxy) is 1. The highest BCUT2D eigenvalue weighted by Crippen LogP contribution is 2.19. The first-order valence-electron chi connectivity index (χ1n) is 6.73. The molecule has 1 saturated heterocycles. The predicted octanol–water partition coefficient (Wildman–Crippen LogP) is 2.88. The van der Waals surface area contributed by atoms with Crippen LogP contribution < -0.4 is 0 Å². The van der Waals surface area contributed by atoms with Gasteiger partial charge in [0.05, 0.1) is 6.10 Å². The Morgan fingerprint density at radius 1 is 1.63 bits per heavy atom. The standard InChI is InChI=1S/C14H19BrN2O2/c1-2-9-19-11-5-4-8-17(10-11)14(18)13-12(15)6-3-7-16-13/h3,6-7,11H,2,4-5,8-10H2,1H3. The number of hydrogen-bond acceptors (Lipinski definition) is 3. The van der Waals surface area contributed by atoms with Gasteiger partial charge < -0.3 is 9.64 Å². The number of halogens is 1. The van der Waals surface area contributed by atoms with Gasteiger partial charge in [0.1, 0.15) is 5.69 Å². The minimum absolute atomic E-state index is 0.0164. The molecule has 1 atom stereocenters. The monoisotopic (exact) mass is 326 g/mol. The lowest BCUT2D eigenvalue weighted by atomic mass is 10.1. The third-order valence-electron chi connectivity index (χ3n) is 3.18. The molecule has 1 unspecified atom stereocenters. The molecule has 1 amide bonds. The second kappa shape index (κ2) is 7.01. The molecular weight excluding hydrogens is 308 g/mol. The van der Waals surface area contributed by atoms with Crippen LogP contribution in [0.4, 0.5) is 0 Å². The van der Waals surface area contributed by atoms with E-state index in [4.69, 9.17) is 4.74 Å². The molecule has 2 heterocycles. The predicted molar refractivity (Wildman–Crippen MR) is 77.1 cm³/mol. The van der Waals surface area contributed by atoms with Crippen LogP contribution in [0.5, 0.6) is 0 Å². The zero-order valence-electron chi connectivity index (χ0n) is 11.1. The fourth-order valence-corrected chi connectivity index (χ4v) is 2.66. The average molecular weight is 327 g/mol. The summed E-state index contributed by atoms with van der Waals surface area (Å²) >= 11 is 3.38. The van der Waals surface area contributed by atoms with Crippen LogP contribution in [0.1, 0.15) is 36.7 Å². The summed E-state index contributed by atoms with van der Waals surface area (Å²) in [6, 6.07) is 3.65. The number of nitrogens with zero attached hydrogens (tertiary/aromatic N) is 2. The number of rotatable bonds is 4. The Labute approximate surface area is 122 Å². The molecule has 0 N–H and O–H groups in total. The third kappa shape index (κ3) is 3.76. The molecule has 4 nitrogen and oxygen atoms in total. The summed E-state index contributed by atoms with van der Waals surface area (Å²) in [7, 11) is 0. The van der Waals surface area contributed by atoms with Crippen LogP contribution in [0.3, 0.4) is 0 Å². The van der Waals surface area contributed by atoms with Crippen molar-refractivity contribution in [3.63, 3.8) is 0 Å². The Hall–Kier alpha value is -0.940. The summed E-state index contributed by atoms with van der Waals surface area (Å²) in [6.07, 6.45) is 4.85. The van der Waals surface area contributed by atoms with Crippen LogP contribution in [0, 0.1) is 0 Å². The fourth-order valence-electron chi connectivity index (χ4n) is 2.24. The molecule has 0 radical (unpaired) electrons. The molecule has 1 aromatic rings. The maximum Gasteiger partial charge on any atom is 0.273 e. The molecule has 0 aliphatic carbocycles. The fraction of sp³-hybridized carbons (Fsp3) is 0.571.